The van der Waals surface area contributed by atoms with E-state index in [0.717, 1.165) is 4.90 Å². The van der Waals surface area contributed by atoms with Gasteiger partial charge in [0, 0.05) is 23.6 Å². The fourth-order valence-electron chi connectivity index (χ4n) is 2.02. The Kier molecular flexibility index (Phi) is 7.78. The van der Waals surface area contributed by atoms with Crippen LogP contribution in [0.5, 0.6) is 0 Å². The largest absolute Gasteiger partial charge is 0.383 e. The van der Waals surface area contributed by atoms with Crippen molar-refractivity contribution in [3.05, 3.63) is 59.1 Å². The van der Waals surface area contributed by atoms with Crippen molar-refractivity contribution >= 4 is 40.9 Å². The third-order valence-corrected chi connectivity index (χ3v) is 4.49. The number of methoxy groups -OCH3 is 1. The molecular formula is C18H19ClN2O3S. The van der Waals surface area contributed by atoms with Crippen molar-refractivity contribution in [3.8, 4) is 0 Å². The lowest BCUT2D eigenvalue weighted by molar-refractivity contribution is -0.113. The Morgan fingerprint density at radius 2 is 1.84 bits per heavy atom. The number of para-hydroxylation sites is 1. The molecule has 0 fully saturated rings. The van der Waals surface area contributed by atoms with Gasteiger partial charge in [0.15, 0.2) is 0 Å². The summed E-state index contributed by atoms with van der Waals surface area (Å²) in [4.78, 5) is 25.3. The Hall–Kier alpha value is -2.02. The van der Waals surface area contributed by atoms with E-state index in [1.165, 1.54) is 11.8 Å². The van der Waals surface area contributed by atoms with Crippen LogP contribution in [-0.2, 0) is 9.53 Å². The van der Waals surface area contributed by atoms with Crippen molar-refractivity contribution in [3.63, 3.8) is 0 Å². The Bertz CT molecular complexity index is 723. The van der Waals surface area contributed by atoms with Gasteiger partial charge >= 0.3 is 0 Å². The highest BCUT2D eigenvalue weighted by atomic mass is 35.5. The molecule has 0 atom stereocenters. The van der Waals surface area contributed by atoms with Gasteiger partial charge in [-0.2, -0.15) is 0 Å². The van der Waals surface area contributed by atoms with Gasteiger partial charge in [0.05, 0.1) is 23.6 Å². The minimum absolute atomic E-state index is 0.183. The molecular weight excluding hydrogens is 360 g/mol. The molecule has 0 saturated carbocycles. The summed E-state index contributed by atoms with van der Waals surface area (Å²) in [6.45, 7) is 0.835. The van der Waals surface area contributed by atoms with Gasteiger partial charge in [0.2, 0.25) is 5.91 Å². The first-order valence-electron chi connectivity index (χ1n) is 7.64. The zero-order valence-corrected chi connectivity index (χ0v) is 15.3. The molecule has 0 unspecified atom stereocenters. The molecule has 2 N–H and O–H groups in total. The van der Waals surface area contributed by atoms with Gasteiger partial charge in [-0.05, 0) is 36.4 Å². The summed E-state index contributed by atoms with van der Waals surface area (Å²) in [6.07, 6.45) is 0. The fourth-order valence-corrected chi connectivity index (χ4v) is 2.84. The number of thioether (sulfide) groups is 1. The Morgan fingerprint density at radius 3 is 2.56 bits per heavy atom. The summed E-state index contributed by atoms with van der Waals surface area (Å²) in [5, 5.41) is 6.18. The number of carbonyl (C=O) groups excluding carboxylic acids is 2. The second-order valence-electron chi connectivity index (χ2n) is 5.09. The van der Waals surface area contributed by atoms with E-state index in [1.54, 1.807) is 43.5 Å². The molecule has 0 aromatic heterocycles. The molecule has 132 valence electrons. The molecule has 0 bridgehead atoms. The van der Waals surface area contributed by atoms with Crippen LogP contribution < -0.4 is 10.6 Å². The number of nitrogens with one attached hydrogen (secondary N) is 2. The van der Waals surface area contributed by atoms with Crippen LogP contribution >= 0.6 is 23.4 Å². The van der Waals surface area contributed by atoms with Crippen LogP contribution in [0, 0.1) is 0 Å². The smallest absolute Gasteiger partial charge is 0.253 e. The molecule has 2 amide bonds. The van der Waals surface area contributed by atoms with Gasteiger partial charge in [0.25, 0.3) is 5.91 Å². The van der Waals surface area contributed by atoms with Gasteiger partial charge in [-0.15, -0.1) is 11.8 Å². The lowest BCUT2D eigenvalue weighted by Gasteiger charge is -2.11. The molecule has 0 aliphatic rings. The second kappa shape index (κ2) is 10.1. The van der Waals surface area contributed by atoms with Crippen molar-refractivity contribution < 1.29 is 14.3 Å². The average molecular weight is 379 g/mol. The maximum Gasteiger partial charge on any atom is 0.253 e. The van der Waals surface area contributed by atoms with Crippen LogP contribution in [0.1, 0.15) is 10.4 Å². The molecule has 0 aliphatic heterocycles. The van der Waals surface area contributed by atoms with Gasteiger partial charge in [0.1, 0.15) is 0 Å². The van der Waals surface area contributed by atoms with E-state index in [4.69, 9.17) is 16.3 Å². The van der Waals surface area contributed by atoms with E-state index in [0.29, 0.717) is 29.4 Å². The van der Waals surface area contributed by atoms with Crippen LogP contribution in [-0.4, -0.2) is 37.8 Å². The van der Waals surface area contributed by atoms with Gasteiger partial charge in [-0.1, -0.05) is 23.7 Å². The van der Waals surface area contributed by atoms with E-state index in [-0.39, 0.29) is 17.6 Å². The predicted molar refractivity (Wildman–Crippen MR) is 101 cm³/mol. The molecule has 5 nitrogen and oxygen atoms in total. The minimum atomic E-state index is -0.252. The van der Waals surface area contributed by atoms with E-state index in [2.05, 4.69) is 10.6 Å². The zero-order chi connectivity index (χ0) is 18.1. The molecule has 0 saturated heterocycles. The zero-order valence-electron chi connectivity index (χ0n) is 13.8. The van der Waals surface area contributed by atoms with Crippen molar-refractivity contribution in [2.75, 3.05) is 31.3 Å². The number of amides is 2. The molecule has 25 heavy (non-hydrogen) atoms. The number of hydrogen-bond donors (Lipinski definition) is 2. The van der Waals surface area contributed by atoms with Gasteiger partial charge in [-0.25, -0.2) is 0 Å². The van der Waals surface area contributed by atoms with Crippen LogP contribution in [0.25, 0.3) is 0 Å². The molecule has 0 heterocycles. The highest BCUT2D eigenvalue weighted by Crippen LogP contribution is 2.21. The number of rotatable bonds is 8. The number of hydrogen-bond acceptors (Lipinski definition) is 4. The van der Waals surface area contributed by atoms with E-state index >= 15 is 0 Å². The highest BCUT2D eigenvalue weighted by molar-refractivity contribution is 8.00. The number of anilines is 1. The molecule has 2 aromatic carbocycles. The van der Waals surface area contributed by atoms with E-state index in [9.17, 15) is 9.59 Å². The van der Waals surface area contributed by atoms with E-state index in [1.807, 2.05) is 12.1 Å². The summed E-state index contributed by atoms with van der Waals surface area (Å²) < 4.78 is 4.91. The maximum absolute atomic E-state index is 12.2. The van der Waals surface area contributed by atoms with Crippen molar-refractivity contribution in [1.82, 2.24) is 5.32 Å². The quantitative estimate of drug-likeness (QED) is 0.545. The predicted octanol–water partition coefficient (Wildman–Crippen LogP) is 3.45. The highest BCUT2D eigenvalue weighted by Gasteiger charge is 2.12. The van der Waals surface area contributed by atoms with Crippen LogP contribution in [0.15, 0.2) is 53.4 Å². The van der Waals surface area contributed by atoms with Crippen molar-refractivity contribution in [2.45, 2.75) is 4.90 Å². The summed E-state index contributed by atoms with van der Waals surface area (Å²) in [5.41, 5.74) is 0.905. The minimum Gasteiger partial charge on any atom is -0.383 e. The van der Waals surface area contributed by atoms with Crippen LogP contribution in [0.3, 0.4) is 0 Å². The SMILES string of the molecule is COCCNC(=O)c1ccccc1NC(=O)CSc1ccc(Cl)cc1. The number of ether oxygens (including phenoxy) is 1. The lowest BCUT2D eigenvalue weighted by atomic mass is 10.1. The molecule has 0 spiro atoms. The van der Waals surface area contributed by atoms with Crippen LogP contribution in [0.2, 0.25) is 5.02 Å². The summed E-state index contributed by atoms with van der Waals surface area (Å²) in [7, 11) is 1.57. The summed E-state index contributed by atoms with van der Waals surface area (Å²) in [6, 6.07) is 14.2. The standard InChI is InChI=1S/C18H19ClN2O3S/c1-24-11-10-20-18(23)15-4-2-3-5-16(15)21-17(22)12-25-14-8-6-13(19)7-9-14/h2-9H,10-12H2,1H3,(H,20,23)(H,21,22). The number of benzene rings is 2. The molecule has 2 aromatic rings. The summed E-state index contributed by atoms with van der Waals surface area (Å²) in [5.74, 6) is -0.197. The van der Waals surface area contributed by atoms with Crippen LogP contribution in [0.4, 0.5) is 5.69 Å². The van der Waals surface area contributed by atoms with Crippen molar-refractivity contribution in [2.24, 2.45) is 0 Å². The number of halogens is 1. The maximum atomic E-state index is 12.2. The lowest BCUT2D eigenvalue weighted by Crippen LogP contribution is -2.28. The Balaban J connectivity index is 1.93. The Labute approximate surface area is 156 Å². The normalized spacial score (nSPS) is 10.3. The summed E-state index contributed by atoms with van der Waals surface area (Å²) >= 11 is 7.24. The van der Waals surface area contributed by atoms with E-state index < -0.39 is 0 Å². The average Bonchev–Trinajstić information content (AvgIpc) is 2.62. The molecule has 2 rings (SSSR count). The van der Waals surface area contributed by atoms with Crippen molar-refractivity contribution in [1.29, 1.82) is 0 Å². The first-order valence-corrected chi connectivity index (χ1v) is 9.01. The first kappa shape index (κ1) is 19.3. The second-order valence-corrected chi connectivity index (χ2v) is 6.57. The van der Waals surface area contributed by atoms with Gasteiger partial charge < -0.3 is 15.4 Å². The van der Waals surface area contributed by atoms with Gasteiger partial charge in [-0.3, -0.25) is 9.59 Å². The third-order valence-electron chi connectivity index (χ3n) is 3.22. The molecule has 7 heteroatoms. The monoisotopic (exact) mass is 378 g/mol. The topological polar surface area (TPSA) is 67.4 Å². The molecule has 0 aliphatic carbocycles. The number of carbonyl (C=O) groups is 2. The fraction of sp³-hybridized carbons (Fsp3) is 0.222. The first-order chi connectivity index (χ1) is 12.1. The molecule has 0 radical (unpaired) electrons. The Morgan fingerprint density at radius 1 is 1.12 bits per heavy atom. The third kappa shape index (κ3) is 6.42.